The van der Waals surface area contributed by atoms with E-state index in [0.717, 1.165) is 44.6 Å². The monoisotopic (exact) mass is 405 g/mol. The highest BCUT2D eigenvalue weighted by Gasteiger charge is 2.23. The van der Waals surface area contributed by atoms with Crippen LogP contribution in [-0.2, 0) is 0 Å². The van der Waals surface area contributed by atoms with Gasteiger partial charge in [-0.3, -0.25) is 4.79 Å². The zero-order valence-corrected chi connectivity index (χ0v) is 17.7. The van der Waals surface area contributed by atoms with Crippen LogP contribution in [0.4, 0.5) is 0 Å². The van der Waals surface area contributed by atoms with E-state index in [1.165, 1.54) is 11.8 Å². The van der Waals surface area contributed by atoms with Crippen LogP contribution in [0.5, 0.6) is 5.75 Å². The summed E-state index contributed by atoms with van der Waals surface area (Å²) in [5, 5.41) is 0.466. The van der Waals surface area contributed by atoms with Crippen molar-refractivity contribution in [3.63, 3.8) is 0 Å². The average molecular weight is 406 g/mol. The SMILES string of the molecule is COc1ccc2nc(S[C@@H](C)C(=O)c3cc(C)n(-c4ccccc4)c3C)[nH]c2c1. The van der Waals surface area contributed by atoms with Crippen LogP contribution in [0.2, 0.25) is 0 Å². The average Bonchev–Trinajstić information content (AvgIpc) is 3.26. The number of aryl methyl sites for hydroxylation is 1. The zero-order chi connectivity index (χ0) is 20.5. The number of thioether (sulfide) groups is 1. The Labute approximate surface area is 174 Å². The molecule has 0 bridgehead atoms. The fourth-order valence-electron chi connectivity index (χ4n) is 3.57. The van der Waals surface area contributed by atoms with Gasteiger partial charge < -0.3 is 14.3 Å². The third-order valence-corrected chi connectivity index (χ3v) is 6.02. The zero-order valence-electron chi connectivity index (χ0n) is 16.9. The van der Waals surface area contributed by atoms with E-state index in [1.54, 1.807) is 7.11 Å². The molecule has 6 heteroatoms. The number of carbonyl (C=O) groups excluding carboxylic acids is 1. The van der Waals surface area contributed by atoms with Crippen molar-refractivity contribution in [2.24, 2.45) is 0 Å². The van der Waals surface area contributed by atoms with E-state index >= 15 is 0 Å². The fraction of sp³-hybridized carbons (Fsp3) is 0.217. The minimum atomic E-state index is -0.262. The van der Waals surface area contributed by atoms with E-state index in [4.69, 9.17) is 4.74 Å². The lowest BCUT2D eigenvalue weighted by Crippen LogP contribution is -2.14. The van der Waals surface area contributed by atoms with Crippen LogP contribution in [0.25, 0.3) is 16.7 Å². The van der Waals surface area contributed by atoms with Crippen LogP contribution < -0.4 is 4.74 Å². The number of hydrogen-bond donors (Lipinski definition) is 1. The number of nitrogens with one attached hydrogen (secondary N) is 1. The number of aromatic nitrogens is 3. The number of ketones is 1. The number of Topliss-reactive ketones (excluding diaryl/α,β-unsaturated/α-hetero) is 1. The smallest absolute Gasteiger partial charge is 0.177 e. The lowest BCUT2D eigenvalue weighted by atomic mass is 10.1. The Morgan fingerprint density at radius 2 is 1.90 bits per heavy atom. The second kappa shape index (κ2) is 7.79. The van der Waals surface area contributed by atoms with Gasteiger partial charge in [0.15, 0.2) is 10.9 Å². The number of imidazole rings is 1. The molecule has 2 heterocycles. The minimum Gasteiger partial charge on any atom is -0.497 e. The minimum absolute atomic E-state index is 0.100. The first-order valence-electron chi connectivity index (χ1n) is 9.47. The number of methoxy groups -OCH3 is 1. The molecule has 1 atom stereocenters. The number of carbonyl (C=O) groups is 1. The van der Waals surface area contributed by atoms with Gasteiger partial charge in [0.2, 0.25) is 0 Å². The second-order valence-electron chi connectivity index (χ2n) is 7.01. The molecule has 0 radical (unpaired) electrons. The van der Waals surface area contributed by atoms with Gasteiger partial charge in [-0.05, 0) is 51.1 Å². The Hall–Kier alpha value is -2.99. The fourth-order valence-corrected chi connectivity index (χ4v) is 4.46. The summed E-state index contributed by atoms with van der Waals surface area (Å²) < 4.78 is 7.38. The maximum Gasteiger partial charge on any atom is 0.177 e. The van der Waals surface area contributed by atoms with Crippen LogP contribution in [0.3, 0.4) is 0 Å². The van der Waals surface area contributed by atoms with E-state index in [-0.39, 0.29) is 11.0 Å². The molecule has 0 aliphatic heterocycles. The first-order valence-corrected chi connectivity index (χ1v) is 10.3. The summed E-state index contributed by atoms with van der Waals surface area (Å²) in [6, 6.07) is 17.8. The summed E-state index contributed by atoms with van der Waals surface area (Å²) in [4.78, 5) is 21.1. The van der Waals surface area contributed by atoms with Crippen molar-refractivity contribution in [1.29, 1.82) is 0 Å². The number of ether oxygens (including phenoxy) is 1. The summed E-state index contributed by atoms with van der Waals surface area (Å²) in [6.07, 6.45) is 0. The van der Waals surface area contributed by atoms with Crippen LogP contribution in [0, 0.1) is 13.8 Å². The van der Waals surface area contributed by atoms with Crippen molar-refractivity contribution in [3.05, 3.63) is 71.5 Å². The Morgan fingerprint density at radius 3 is 2.62 bits per heavy atom. The maximum absolute atomic E-state index is 13.2. The Kier molecular flexibility index (Phi) is 5.20. The summed E-state index contributed by atoms with van der Waals surface area (Å²) in [6.45, 7) is 5.95. The van der Waals surface area contributed by atoms with Crippen LogP contribution in [-0.4, -0.2) is 32.7 Å². The van der Waals surface area contributed by atoms with Gasteiger partial charge in [0.25, 0.3) is 0 Å². The summed E-state index contributed by atoms with van der Waals surface area (Å²) in [7, 11) is 1.64. The van der Waals surface area contributed by atoms with Crippen LogP contribution >= 0.6 is 11.8 Å². The van der Waals surface area contributed by atoms with E-state index in [9.17, 15) is 4.79 Å². The highest BCUT2D eigenvalue weighted by Crippen LogP contribution is 2.29. The lowest BCUT2D eigenvalue weighted by Gasteiger charge is -2.11. The van der Waals surface area contributed by atoms with Crippen molar-refractivity contribution in [2.45, 2.75) is 31.2 Å². The van der Waals surface area contributed by atoms with Gasteiger partial charge in [-0.2, -0.15) is 0 Å². The Balaban J connectivity index is 1.58. The van der Waals surface area contributed by atoms with Crippen molar-refractivity contribution in [2.75, 3.05) is 7.11 Å². The summed E-state index contributed by atoms with van der Waals surface area (Å²) in [5.41, 5.74) is 5.58. The molecule has 0 aliphatic carbocycles. The second-order valence-corrected chi connectivity index (χ2v) is 8.33. The normalized spacial score (nSPS) is 12.3. The van der Waals surface area contributed by atoms with Gasteiger partial charge in [0, 0.05) is 28.7 Å². The molecule has 2 aromatic heterocycles. The third-order valence-electron chi connectivity index (χ3n) is 5.04. The largest absolute Gasteiger partial charge is 0.497 e. The Morgan fingerprint density at radius 1 is 1.14 bits per heavy atom. The molecular formula is C23H23N3O2S. The number of H-pyrrole nitrogens is 1. The first-order chi connectivity index (χ1) is 14.0. The van der Waals surface area contributed by atoms with Crippen molar-refractivity contribution in [3.8, 4) is 11.4 Å². The van der Waals surface area contributed by atoms with Gasteiger partial charge in [-0.15, -0.1) is 0 Å². The Bertz CT molecular complexity index is 1180. The number of rotatable bonds is 6. The van der Waals surface area contributed by atoms with Crippen LogP contribution in [0.15, 0.2) is 59.8 Å². The number of nitrogens with zero attached hydrogens (tertiary/aromatic N) is 2. The van der Waals surface area contributed by atoms with E-state index in [1.807, 2.05) is 63.2 Å². The molecule has 29 heavy (non-hydrogen) atoms. The molecule has 5 nitrogen and oxygen atoms in total. The number of hydrogen-bond acceptors (Lipinski definition) is 4. The lowest BCUT2D eigenvalue weighted by molar-refractivity contribution is 0.0993. The highest BCUT2D eigenvalue weighted by atomic mass is 32.2. The topological polar surface area (TPSA) is 59.9 Å². The highest BCUT2D eigenvalue weighted by molar-refractivity contribution is 8.00. The summed E-state index contributed by atoms with van der Waals surface area (Å²) >= 11 is 1.44. The number of fused-ring (bicyclic) bond motifs is 1. The van der Waals surface area contributed by atoms with Gasteiger partial charge in [0.1, 0.15) is 5.75 Å². The van der Waals surface area contributed by atoms with Crippen molar-refractivity contribution >= 4 is 28.6 Å². The van der Waals surface area contributed by atoms with Crippen molar-refractivity contribution < 1.29 is 9.53 Å². The van der Waals surface area contributed by atoms with Gasteiger partial charge in [-0.25, -0.2) is 4.98 Å². The van der Waals surface area contributed by atoms with E-state index in [0.29, 0.717) is 0 Å². The maximum atomic E-state index is 13.2. The van der Waals surface area contributed by atoms with Gasteiger partial charge >= 0.3 is 0 Å². The third kappa shape index (κ3) is 3.68. The summed E-state index contributed by atoms with van der Waals surface area (Å²) in [5.74, 6) is 0.874. The molecule has 0 aliphatic rings. The molecule has 0 amide bonds. The standard InChI is InChI=1S/C23H23N3O2S/c1-14-12-19(15(2)26(14)17-8-6-5-7-9-17)22(27)16(3)29-23-24-20-11-10-18(28-4)13-21(20)25-23/h5-13,16H,1-4H3,(H,24,25)/t16-/m0/s1. The number of benzene rings is 2. The molecule has 148 valence electrons. The molecule has 0 unspecified atom stereocenters. The van der Waals surface area contributed by atoms with E-state index < -0.39 is 0 Å². The predicted octanol–water partition coefficient (Wildman–Crippen LogP) is 5.34. The van der Waals surface area contributed by atoms with Gasteiger partial charge in [-0.1, -0.05) is 30.0 Å². The predicted molar refractivity (Wildman–Crippen MR) is 118 cm³/mol. The molecule has 0 fully saturated rings. The van der Waals surface area contributed by atoms with E-state index in [2.05, 4.69) is 26.7 Å². The first kappa shape index (κ1) is 19.3. The molecule has 1 N–H and O–H groups in total. The van der Waals surface area contributed by atoms with Gasteiger partial charge in [0.05, 0.1) is 23.4 Å². The quantitative estimate of drug-likeness (QED) is 0.347. The molecule has 2 aromatic carbocycles. The molecular weight excluding hydrogens is 382 g/mol. The molecule has 0 saturated carbocycles. The molecule has 0 saturated heterocycles. The van der Waals surface area contributed by atoms with Crippen molar-refractivity contribution in [1.82, 2.24) is 14.5 Å². The molecule has 4 rings (SSSR count). The molecule has 0 spiro atoms. The molecule has 4 aromatic rings. The van der Waals surface area contributed by atoms with Crippen LogP contribution in [0.1, 0.15) is 28.7 Å². The number of aromatic amines is 1. The number of para-hydroxylation sites is 1.